The van der Waals surface area contributed by atoms with E-state index in [1.54, 1.807) is 0 Å². The van der Waals surface area contributed by atoms with E-state index in [1.807, 2.05) is 7.05 Å². The number of rotatable bonds is 3. The Morgan fingerprint density at radius 3 is 2.44 bits per heavy atom. The minimum absolute atomic E-state index is 0.129. The van der Waals surface area contributed by atoms with Crippen LogP contribution in [0.2, 0.25) is 0 Å². The largest absolute Gasteiger partial charge is 0.319 e. The van der Waals surface area contributed by atoms with Gasteiger partial charge in [-0.15, -0.1) is 0 Å². The van der Waals surface area contributed by atoms with E-state index in [9.17, 15) is 9.59 Å². The molecular weight excluding hydrogens is 230 g/mol. The van der Waals surface area contributed by atoms with Gasteiger partial charge in [0.15, 0.2) is 0 Å². The molecule has 0 radical (unpaired) electrons. The summed E-state index contributed by atoms with van der Waals surface area (Å²) in [5, 5.41) is 5.80. The number of amidine groups is 1. The monoisotopic (exact) mass is 251 g/mol. The minimum Gasteiger partial charge on any atom is -0.319 e. The first kappa shape index (κ1) is 13.2. The maximum atomic E-state index is 12.3. The molecule has 0 saturated heterocycles. The average molecular weight is 251 g/mol. The van der Waals surface area contributed by atoms with Gasteiger partial charge >= 0.3 is 0 Å². The molecule has 0 unspecified atom stereocenters. The van der Waals surface area contributed by atoms with Crippen molar-refractivity contribution in [3.63, 3.8) is 0 Å². The van der Waals surface area contributed by atoms with Crippen molar-refractivity contribution in [1.29, 1.82) is 0 Å². The molecule has 1 aliphatic heterocycles. The molecule has 0 aromatic rings. The molecule has 18 heavy (non-hydrogen) atoms. The number of nitrogens with one attached hydrogen (secondary N) is 2. The second-order valence-electron chi connectivity index (χ2n) is 5.17. The summed E-state index contributed by atoms with van der Waals surface area (Å²) < 4.78 is 0. The highest BCUT2D eigenvalue weighted by Gasteiger charge is 2.48. The third-order valence-electron chi connectivity index (χ3n) is 3.91. The molecule has 1 spiro atoms. The molecule has 2 amide bonds. The van der Waals surface area contributed by atoms with Crippen LogP contribution in [0.25, 0.3) is 0 Å². The van der Waals surface area contributed by atoms with E-state index in [1.165, 1.54) is 0 Å². The maximum Gasteiger partial charge on any atom is 0.263 e. The van der Waals surface area contributed by atoms with Gasteiger partial charge in [-0.2, -0.15) is 4.99 Å². The highest BCUT2D eigenvalue weighted by atomic mass is 16.2. The van der Waals surface area contributed by atoms with Crippen LogP contribution in [0.5, 0.6) is 0 Å². The molecule has 1 saturated carbocycles. The van der Waals surface area contributed by atoms with Crippen molar-refractivity contribution in [2.75, 3.05) is 13.6 Å². The van der Waals surface area contributed by atoms with Gasteiger partial charge in [0.1, 0.15) is 11.3 Å². The number of carbonyl (C=O) groups is 2. The SMILES string of the molecule is CNCCC1=NC(=O)C2(CCCCCC2)C(=O)N1. The van der Waals surface area contributed by atoms with Crippen molar-refractivity contribution in [3.8, 4) is 0 Å². The Kier molecular flexibility index (Phi) is 4.11. The summed E-state index contributed by atoms with van der Waals surface area (Å²) >= 11 is 0. The molecule has 5 heteroatoms. The quantitative estimate of drug-likeness (QED) is 0.735. The van der Waals surface area contributed by atoms with E-state index in [0.29, 0.717) is 31.6 Å². The van der Waals surface area contributed by atoms with Crippen molar-refractivity contribution in [1.82, 2.24) is 10.6 Å². The average Bonchev–Trinajstić information content (AvgIpc) is 2.60. The fourth-order valence-electron chi connectivity index (χ4n) is 2.74. The van der Waals surface area contributed by atoms with Gasteiger partial charge in [0, 0.05) is 13.0 Å². The van der Waals surface area contributed by atoms with Gasteiger partial charge < -0.3 is 10.6 Å². The Morgan fingerprint density at radius 1 is 1.22 bits per heavy atom. The molecule has 1 aliphatic carbocycles. The van der Waals surface area contributed by atoms with Crippen LogP contribution in [0.1, 0.15) is 44.9 Å². The fraction of sp³-hybridized carbons (Fsp3) is 0.769. The van der Waals surface area contributed by atoms with Crippen molar-refractivity contribution < 1.29 is 9.59 Å². The fourth-order valence-corrected chi connectivity index (χ4v) is 2.74. The first-order valence-electron chi connectivity index (χ1n) is 6.77. The molecular formula is C13H21N3O2. The molecule has 1 heterocycles. The number of aliphatic imine (C=N–C) groups is 1. The van der Waals surface area contributed by atoms with Crippen molar-refractivity contribution in [3.05, 3.63) is 0 Å². The zero-order chi connectivity index (χ0) is 13.0. The van der Waals surface area contributed by atoms with Crippen molar-refractivity contribution in [2.45, 2.75) is 44.9 Å². The second-order valence-corrected chi connectivity index (χ2v) is 5.17. The van der Waals surface area contributed by atoms with E-state index in [-0.39, 0.29) is 11.8 Å². The van der Waals surface area contributed by atoms with Gasteiger partial charge in [0.25, 0.3) is 5.91 Å². The standard InChI is InChI=1S/C13H21N3O2/c1-14-9-6-10-15-11(17)13(12(18)16-10)7-4-2-3-5-8-13/h14H,2-9H2,1H3,(H,15,16,17,18). The van der Waals surface area contributed by atoms with E-state index in [4.69, 9.17) is 0 Å². The Morgan fingerprint density at radius 2 is 1.89 bits per heavy atom. The molecule has 0 aromatic carbocycles. The summed E-state index contributed by atoms with van der Waals surface area (Å²) in [7, 11) is 1.83. The van der Waals surface area contributed by atoms with Crippen LogP contribution >= 0.6 is 0 Å². The summed E-state index contributed by atoms with van der Waals surface area (Å²) in [6.45, 7) is 0.708. The van der Waals surface area contributed by atoms with Gasteiger partial charge in [0.2, 0.25) is 5.91 Å². The minimum atomic E-state index is -0.861. The smallest absolute Gasteiger partial charge is 0.263 e. The topological polar surface area (TPSA) is 70.6 Å². The number of amides is 2. The number of nitrogens with zero attached hydrogens (tertiary/aromatic N) is 1. The van der Waals surface area contributed by atoms with Crippen LogP contribution in [-0.2, 0) is 9.59 Å². The second kappa shape index (κ2) is 5.61. The molecule has 0 atom stereocenters. The summed E-state index contributed by atoms with van der Waals surface area (Å²) in [4.78, 5) is 28.6. The van der Waals surface area contributed by atoms with Crippen LogP contribution in [-0.4, -0.2) is 31.2 Å². The van der Waals surface area contributed by atoms with Gasteiger partial charge in [0.05, 0.1) is 0 Å². The van der Waals surface area contributed by atoms with Crippen LogP contribution < -0.4 is 10.6 Å². The zero-order valence-corrected chi connectivity index (χ0v) is 10.9. The Bertz CT molecular complexity index is 368. The molecule has 2 rings (SSSR count). The van der Waals surface area contributed by atoms with E-state index in [2.05, 4.69) is 15.6 Å². The molecule has 1 fully saturated rings. The Hall–Kier alpha value is -1.23. The highest BCUT2D eigenvalue weighted by Crippen LogP contribution is 2.38. The van der Waals surface area contributed by atoms with Gasteiger partial charge in [-0.25, -0.2) is 0 Å². The Balaban J connectivity index is 2.16. The lowest BCUT2D eigenvalue weighted by Gasteiger charge is -2.31. The normalized spacial score (nSPS) is 23.5. The van der Waals surface area contributed by atoms with Gasteiger partial charge in [-0.1, -0.05) is 25.7 Å². The van der Waals surface area contributed by atoms with E-state index >= 15 is 0 Å². The predicted molar refractivity (Wildman–Crippen MR) is 69.3 cm³/mol. The molecule has 0 bridgehead atoms. The number of carbonyl (C=O) groups excluding carboxylic acids is 2. The lowest BCUT2D eigenvalue weighted by Crippen LogP contribution is -2.52. The summed E-state index contributed by atoms with van der Waals surface area (Å²) in [5.74, 6) is 0.156. The number of hydrogen-bond donors (Lipinski definition) is 2. The van der Waals surface area contributed by atoms with E-state index in [0.717, 1.165) is 25.7 Å². The molecule has 2 aliphatic rings. The highest BCUT2D eigenvalue weighted by molar-refractivity contribution is 6.18. The Labute approximate surface area is 107 Å². The number of hydrogen-bond acceptors (Lipinski definition) is 3. The maximum absolute atomic E-state index is 12.3. The summed E-state index contributed by atoms with van der Waals surface area (Å²) in [5.41, 5.74) is -0.861. The van der Waals surface area contributed by atoms with Crippen molar-refractivity contribution in [2.24, 2.45) is 10.4 Å². The van der Waals surface area contributed by atoms with Gasteiger partial charge in [-0.05, 0) is 19.9 Å². The summed E-state index contributed by atoms with van der Waals surface area (Å²) in [6.07, 6.45) is 6.00. The van der Waals surface area contributed by atoms with Crippen LogP contribution in [0.15, 0.2) is 4.99 Å². The van der Waals surface area contributed by atoms with Gasteiger partial charge in [-0.3, -0.25) is 9.59 Å². The lowest BCUT2D eigenvalue weighted by molar-refractivity contribution is -0.142. The van der Waals surface area contributed by atoms with E-state index < -0.39 is 5.41 Å². The first-order valence-corrected chi connectivity index (χ1v) is 6.77. The third kappa shape index (κ3) is 2.46. The molecule has 2 N–H and O–H groups in total. The molecule has 100 valence electrons. The predicted octanol–water partition coefficient (Wildman–Crippen LogP) is 0.991. The lowest BCUT2D eigenvalue weighted by atomic mass is 9.77. The summed E-state index contributed by atoms with van der Waals surface area (Å²) in [6, 6.07) is 0. The third-order valence-corrected chi connectivity index (χ3v) is 3.91. The molecule has 5 nitrogen and oxygen atoms in total. The van der Waals surface area contributed by atoms with Crippen molar-refractivity contribution >= 4 is 17.6 Å². The van der Waals surface area contributed by atoms with Crippen LogP contribution in [0.4, 0.5) is 0 Å². The first-order chi connectivity index (χ1) is 8.69. The van der Waals surface area contributed by atoms with Crippen LogP contribution in [0, 0.1) is 5.41 Å². The van der Waals surface area contributed by atoms with Crippen LogP contribution in [0.3, 0.4) is 0 Å². The molecule has 0 aromatic heterocycles. The zero-order valence-electron chi connectivity index (χ0n) is 10.9.